The second-order valence-electron chi connectivity index (χ2n) is 7.48. The van der Waals surface area contributed by atoms with Crippen LogP contribution >= 0.6 is 0 Å². The van der Waals surface area contributed by atoms with E-state index in [0.29, 0.717) is 0 Å². The summed E-state index contributed by atoms with van der Waals surface area (Å²) in [5, 5.41) is 0. The lowest BCUT2D eigenvalue weighted by atomic mass is 9.56. The summed E-state index contributed by atoms with van der Waals surface area (Å²) < 4.78 is 13.0. The Labute approximate surface area is 103 Å². The quantitative estimate of drug-likeness (QED) is 0.643. The predicted molar refractivity (Wildman–Crippen MR) is 68.8 cm³/mol. The first kappa shape index (κ1) is 11.4. The molecule has 4 rings (SSSR count). The van der Waals surface area contributed by atoms with Gasteiger partial charge in [-0.05, 0) is 69.0 Å². The van der Waals surface area contributed by atoms with E-state index >= 15 is 0 Å². The Morgan fingerprint density at radius 2 is 1.31 bits per heavy atom. The second-order valence-corrected chi connectivity index (χ2v) is 10.1. The molecule has 4 aliphatic carbocycles. The van der Waals surface area contributed by atoms with Crippen molar-refractivity contribution in [3.05, 3.63) is 0 Å². The van der Waals surface area contributed by atoms with Gasteiger partial charge in [0.25, 0.3) is 0 Å². The minimum absolute atomic E-state index is 0.0222. The number of rotatable bonds is 1. The van der Waals surface area contributed by atoms with Crippen LogP contribution in [-0.4, -0.2) is 14.0 Å². The fourth-order valence-electron chi connectivity index (χ4n) is 4.91. The topological polar surface area (TPSA) is 23.1 Å². The van der Waals surface area contributed by atoms with Crippen LogP contribution in [-0.2, 0) is 11.2 Å². The average Bonchev–Trinajstić information content (AvgIpc) is 2.12. The van der Waals surface area contributed by atoms with E-state index in [2.05, 4.69) is 20.8 Å². The molecule has 0 spiro atoms. The lowest BCUT2D eigenvalue weighted by molar-refractivity contribution is 0.0330. The third kappa shape index (κ3) is 1.64. The molecule has 0 heterocycles. The van der Waals surface area contributed by atoms with E-state index in [1.54, 1.807) is 0 Å². The summed E-state index contributed by atoms with van der Waals surface area (Å²) in [4.78, 5) is 0. The van der Waals surface area contributed by atoms with Gasteiger partial charge in [0.1, 0.15) is 9.49 Å². The number of hydrogen-bond acceptors (Lipinski definition) is 1. The largest absolute Gasteiger partial charge is 0.616 e. The highest BCUT2D eigenvalue weighted by molar-refractivity contribution is 7.94. The van der Waals surface area contributed by atoms with Crippen molar-refractivity contribution >= 4 is 11.2 Å². The molecule has 0 radical (unpaired) electrons. The smallest absolute Gasteiger partial charge is 0.126 e. The zero-order valence-electron chi connectivity index (χ0n) is 10.8. The van der Waals surface area contributed by atoms with E-state index in [0.717, 1.165) is 17.8 Å². The SMILES string of the molecule is CC(C)(C)[S+]([O-])C12CC3CC(CC(C3)C1)C2. The summed E-state index contributed by atoms with van der Waals surface area (Å²) in [6.45, 7) is 6.46. The van der Waals surface area contributed by atoms with E-state index in [1.165, 1.54) is 38.5 Å². The maximum Gasteiger partial charge on any atom is 0.126 e. The fraction of sp³-hybridized carbons (Fsp3) is 1.00. The van der Waals surface area contributed by atoms with E-state index in [1.807, 2.05) is 0 Å². The minimum atomic E-state index is -0.642. The van der Waals surface area contributed by atoms with Gasteiger partial charge >= 0.3 is 0 Å². The predicted octanol–water partition coefficient (Wildman–Crippen LogP) is 3.50. The Morgan fingerprint density at radius 1 is 0.938 bits per heavy atom. The molecule has 0 N–H and O–H groups in total. The van der Waals surface area contributed by atoms with Gasteiger partial charge < -0.3 is 4.55 Å². The highest BCUT2D eigenvalue weighted by Gasteiger charge is 2.59. The molecule has 0 aromatic rings. The Hall–Kier alpha value is 0.310. The van der Waals surface area contributed by atoms with E-state index in [4.69, 9.17) is 0 Å². The molecule has 1 unspecified atom stereocenters. The highest BCUT2D eigenvalue weighted by Crippen LogP contribution is 2.59. The van der Waals surface area contributed by atoms with Crippen molar-refractivity contribution in [2.75, 3.05) is 0 Å². The fourth-order valence-corrected chi connectivity index (χ4v) is 7.37. The van der Waals surface area contributed by atoms with Crippen LogP contribution in [0.4, 0.5) is 0 Å². The van der Waals surface area contributed by atoms with Crippen LogP contribution in [0.25, 0.3) is 0 Å². The molecule has 0 aromatic heterocycles. The van der Waals surface area contributed by atoms with Crippen molar-refractivity contribution in [2.45, 2.75) is 68.8 Å². The molecule has 92 valence electrons. The van der Waals surface area contributed by atoms with Crippen molar-refractivity contribution in [1.82, 2.24) is 0 Å². The Bertz CT molecular complexity index is 256. The van der Waals surface area contributed by atoms with Gasteiger partial charge in [0.05, 0.1) is 0 Å². The Kier molecular flexibility index (Phi) is 2.43. The average molecular weight is 240 g/mol. The zero-order chi connectivity index (χ0) is 11.6. The van der Waals surface area contributed by atoms with E-state index in [-0.39, 0.29) is 9.49 Å². The van der Waals surface area contributed by atoms with Crippen LogP contribution in [0.3, 0.4) is 0 Å². The van der Waals surface area contributed by atoms with Crippen LogP contribution in [0.2, 0.25) is 0 Å². The molecular formula is C14H24OS. The van der Waals surface area contributed by atoms with Gasteiger partial charge in [0, 0.05) is 19.3 Å². The lowest BCUT2D eigenvalue weighted by Gasteiger charge is -2.57. The third-order valence-electron chi connectivity index (χ3n) is 4.93. The van der Waals surface area contributed by atoms with Crippen LogP contribution in [0.5, 0.6) is 0 Å². The van der Waals surface area contributed by atoms with Crippen LogP contribution in [0.15, 0.2) is 0 Å². The first-order chi connectivity index (χ1) is 7.39. The van der Waals surface area contributed by atoms with Gasteiger partial charge in [0.2, 0.25) is 0 Å². The first-order valence-corrected chi connectivity index (χ1v) is 7.96. The van der Waals surface area contributed by atoms with E-state index < -0.39 is 11.2 Å². The first-order valence-electron chi connectivity index (χ1n) is 6.81. The molecule has 0 saturated heterocycles. The third-order valence-corrected chi connectivity index (χ3v) is 7.33. The van der Waals surface area contributed by atoms with Gasteiger partial charge in [-0.15, -0.1) is 0 Å². The maximum absolute atomic E-state index is 12.8. The normalized spacial score (nSPS) is 48.4. The van der Waals surface area contributed by atoms with Crippen molar-refractivity contribution in [1.29, 1.82) is 0 Å². The summed E-state index contributed by atoms with van der Waals surface area (Å²) in [5.74, 6) is 2.74. The summed E-state index contributed by atoms with van der Waals surface area (Å²) in [6.07, 6.45) is 8.14. The molecule has 16 heavy (non-hydrogen) atoms. The molecule has 1 nitrogen and oxygen atoms in total. The highest BCUT2D eigenvalue weighted by atomic mass is 32.2. The number of hydrogen-bond donors (Lipinski definition) is 0. The molecular weight excluding hydrogens is 216 g/mol. The van der Waals surface area contributed by atoms with Gasteiger partial charge in [-0.1, -0.05) is 0 Å². The Balaban J connectivity index is 1.88. The molecule has 4 fully saturated rings. The van der Waals surface area contributed by atoms with Crippen LogP contribution in [0, 0.1) is 17.8 Å². The monoisotopic (exact) mass is 240 g/mol. The lowest BCUT2D eigenvalue weighted by Crippen LogP contribution is -2.58. The second kappa shape index (κ2) is 3.41. The van der Waals surface area contributed by atoms with Crippen molar-refractivity contribution < 1.29 is 4.55 Å². The molecule has 1 atom stereocenters. The van der Waals surface area contributed by atoms with Gasteiger partial charge in [-0.2, -0.15) is 0 Å². The molecule has 2 heteroatoms. The van der Waals surface area contributed by atoms with E-state index in [9.17, 15) is 4.55 Å². The molecule has 4 aliphatic rings. The summed E-state index contributed by atoms with van der Waals surface area (Å²) in [7, 11) is 0. The van der Waals surface area contributed by atoms with Crippen LogP contribution in [0.1, 0.15) is 59.3 Å². The summed E-state index contributed by atoms with van der Waals surface area (Å²) in [6, 6.07) is 0. The summed E-state index contributed by atoms with van der Waals surface area (Å²) >= 11 is -0.642. The molecule has 0 aromatic carbocycles. The van der Waals surface area contributed by atoms with Gasteiger partial charge in [-0.3, -0.25) is 0 Å². The molecule has 4 saturated carbocycles. The van der Waals surface area contributed by atoms with Crippen molar-refractivity contribution in [2.24, 2.45) is 17.8 Å². The van der Waals surface area contributed by atoms with Crippen LogP contribution < -0.4 is 0 Å². The molecule has 4 bridgehead atoms. The maximum atomic E-state index is 12.8. The van der Waals surface area contributed by atoms with Gasteiger partial charge in [0.15, 0.2) is 0 Å². The van der Waals surface area contributed by atoms with Crippen molar-refractivity contribution in [3.8, 4) is 0 Å². The molecule has 0 amide bonds. The molecule has 0 aliphatic heterocycles. The Morgan fingerprint density at radius 3 is 1.62 bits per heavy atom. The van der Waals surface area contributed by atoms with Gasteiger partial charge in [-0.25, -0.2) is 0 Å². The summed E-state index contributed by atoms with van der Waals surface area (Å²) in [5.41, 5.74) is 0. The minimum Gasteiger partial charge on any atom is -0.616 e. The zero-order valence-corrected chi connectivity index (χ0v) is 11.6. The van der Waals surface area contributed by atoms with Crippen molar-refractivity contribution in [3.63, 3.8) is 0 Å². The standard InChI is InChI=1S/C14H24OS/c1-13(2,3)16(15)14-7-10-4-11(8-14)6-12(5-10)9-14/h10-12H,4-9H2,1-3H3.